The van der Waals surface area contributed by atoms with Crippen molar-refractivity contribution >= 4 is 5.65 Å². The SMILES string of the molecule is Cc1nc(CC(N)c2ccccc2)cc2n[nH]c(=O)n12. The highest BCUT2D eigenvalue weighted by molar-refractivity contribution is 5.39. The number of aryl methyl sites for hydroxylation is 1. The Balaban J connectivity index is 1.93. The maximum absolute atomic E-state index is 11.5. The lowest BCUT2D eigenvalue weighted by Crippen LogP contribution is -2.17. The van der Waals surface area contributed by atoms with E-state index in [0.29, 0.717) is 17.9 Å². The van der Waals surface area contributed by atoms with Crippen molar-refractivity contribution in [2.75, 3.05) is 0 Å². The highest BCUT2D eigenvalue weighted by atomic mass is 16.1. The first-order valence-corrected chi connectivity index (χ1v) is 6.39. The third kappa shape index (κ3) is 2.21. The van der Waals surface area contributed by atoms with Crippen LogP contribution in [-0.2, 0) is 6.42 Å². The van der Waals surface area contributed by atoms with Crippen molar-refractivity contribution in [1.29, 1.82) is 0 Å². The zero-order valence-corrected chi connectivity index (χ0v) is 11.1. The Labute approximate surface area is 115 Å². The molecule has 0 saturated carbocycles. The number of rotatable bonds is 3. The van der Waals surface area contributed by atoms with Crippen LogP contribution < -0.4 is 11.4 Å². The van der Waals surface area contributed by atoms with Crippen LogP contribution in [0, 0.1) is 6.92 Å². The lowest BCUT2D eigenvalue weighted by atomic mass is 10.0. The van der Waals surface area contributed by atoms with Crippen LogP contribution in [-0.4, -0.2) is 19.6 Å². The van der Waals surface area contributed by atoms with Crippen LogP contribution in [0.2, 0.25) is 0 Å². The first-order chi connectivity index (χ1) is 9.65. The summed E-state index contributed by atoms with van der Waals surface area (Å²) in [7, 11) is 0. The van der Waals surface area contributed by atoms with Crippen molar-refractivity contribution in [3.8, 4) is 0 Å². The summed E-state index contributed by atoms with van der Waals surface area (Å²) in [5, 5.41) is 6.38. The molecule has 102 valence electrons. The quantitative estimate of drug-likeness (QED) is 0.741. The molecule has 0 aliphatic rings. The monoisotopic (exact) mass is 269 g/mol. The first kappa shape index (κ1) is 12.6. The molecule has 6 nitrogen and oxygen atoms in total. The van der Waals surface area contributed by atoms with Crippen LogP contribution in [0.25, 0.3) is 5.65 Å². The molecule has 0 bridgehead atoms. The second-order valence-corrected chi connectivity index (χ2v) is 4.74. The van der Waals surface area contributed by atoms with Crippen LogP contribution in [0.4, 0.5) is 0 Å². The fraction of sp³-hybridized carbons (Fsp3) is 0.214. The van der Waals surface area contributed by atoms with Crippen molar-refractivity contribution < 1.29 is 0 Å². The molecule has 0 aliphatic carbocycles. The Hall–Kier alpha value is -2.47. The zero-order valence-electron chi connectivity index (χ0n) is 11.1. The van der Waals surface area contributed by atoms with Crippen molar-refractivity contribution in [3.63, 3.8) is 0 Å². The van der Waals surface area contributed by atoms with E-state index >= 15 is 0 Å². The number of aromatic amines is 1. The highest BCUT2D eigenvalue weighted by Gasteiger charge is 2.11. The molecule has 6 heteroatoms. The molecule has 0 amide bonds. The molecule has 0 aliphatic heterocycles. The van der Waals surface area contributed by atoms with E-state index in [4.69, 9.17) is 5.73 Å². The van der Waals surface area contributed by atoms with E-state index in [0.717, 1.165) is 11.3 Å². The number of nitrogens with one attached hydrogen (secondary N) is 1. The predicted molar refractivity (Wildman–Crippen MR) is 75.4 cm³/mol. The van der Waals surface area contributed by atoms with Gasteiger partial charge in [0.15, 0.2) is 5.65 Å². The first-order valence-electron chi connectivity index (χ1n) is 6.39. The molecule has 1 atom stereocenters. The molecule has 20 heavy (non-hydrogen) atoms. The number of hydrogen-bond acceptors (Lipinski definition) is 4. The number of benzene rings is 1. The molecule has 1 unspecified atom stereocenters. The van der Waals surface area contributed by atoms with Gasteiger partial charge in [-0.25, -0.2) is 19.3 Å². The normalized spacial score (nSPS) is 12.7. The zero-order chi connectivity index (χ0) is 14.1. The molecular formula is C14H15N5O. The Bertz CT molecular complexity index is 790. The van der Waals surface area contributed by atoms with E-state index in [-0.39, 0.29) is 11.7 Å². The van der Waals surface area contributed by atoms with Crippen LogP contribution in [0.1, 0.15) is 23.1 Å². The molecule has 3 aromatic rings. The topological polar surface area (TPSA) is 89.1 Å². The van der Waals surface area contributed by atoms with Crippen LogP contribution >= 0.6 is 0 Å². The number of hydrogen-bond donors (Lipinski definition) is 2. The van der Waals surface area contributed by atoms with Crippen molar-refractivity contribution in [2.45, 2.75) is 19.4 Å². The van der Waals surface area contributed by atoms with Crippen LogP contribution in [0.5, 0.6) is 0 Å². The molecule has 0 fully saturated rings. The minimum Gasteiger partial charge on any atom is -0.324 e. The minimum atomic E-state index is -0.274. The van der Waals surface area contributed by atoms with E-state index < -0.39 is 0 Å². The maximum Gasteiger partial charge on any atom is 0.349 e. The molecular weight excluding hydrogens is 254 g/mol. The van der Waals surface area contributed by atoms with Gasteiger partial charge in [-0.15, -0.1) is 0 Å². The number of nitrogens with two attached hydrogens (primary N) is 1. The summed E-state index contributed by atoms with van der Waals surface area (Å²) < 4.78 is 1.44. The lowest BCUT2D eigenvalue weighted by molar-refractivity contribution is 0.699. The molecule has 1 aromatic carbocycles. The fourth-order valence-corrected chi connectivity index (χ4v) is 2.31. The number of nitrogens with zero attached hydrogens (tertiary/aromatic N) is 3. The summed E-state index contributed by atoms with van der Waals surface area (Å²) in [5.41, 5.74) is 8.37. The number of fused-ring (bicyclic) bond motifs is 1. The van der Waals surface area contributed by atoms with E-state index in [2.05, 4.69) is 15.2 Å². The van der Waals surface area contributed by atoms with E-state index in [1.807, 2.05) is 30.3 Å². The smallest absolute Gasteiger partial charge is 0.324 e. The third-order valence-electron chi connectivity index (χ3n) is 3.28. The van der Waals surface area contributed by atoms with Gasteiger partial charge in [-0.3, -0.25) is 0 Å². The third-order valence-corrected chi connectivity index (χ3v) is 3.28. The second-order valence-electron chi connectivity index (χ2n) is 4.74. The molecule has 2 heterocycles. The number of H-pyrrole nitrogens is 1. The van der Waals surface area contributed by atoms with Crippen LogP contribution in [0.15, 0.2) is 41.2 Å². The second kappa shape index (κ2) is 4.90. The van der Waals surface area contributed by atoms with Crippen molar-refractivity contribution in [2.24, 2.45) is 5.73 Å². The van der Waals surface area contributed by atoms with Crippen molar-refractivity contribution in [3.05, 3.63) is 64.0 Å². The Kier molecular flexibility index (Phi) is 3.08. The standard InChI is InChI=1S/C14H15N5O/c1-9-16-11(8-13-17-18-14(20)19(9)13)7-12(15)10-5-3-2-4-6-10/h2-6,8,12H,7,15H2,1H3,(H,18,20). The van der Waals surface area contributed by atoms with Gasteiger partial charge in [-0.1, -0.05) is 30.3 Å². The van der Waals surface area contributed by atoms with Gasteiger partial charge in [0, 0.05) is 24.2 Å². The van der Waals surface area contributed by atoms with E-state index in [9.17, 15) is 4.79 Å². The Morgan fingerprint density at radius 3 is 2.85 bits per heavy atom. The summed E-state index contributed by atoms with van der Waals surface area (Å²) in [6, 6.07) is 11.5. The summed E-state index contributed by atoms with van der Waals surface area (Å²) in [6.07, 6.45) is 0.600. The molecule has 2 aromatic heterocycles. The molecule has 0 spiro atoms. The van der Waals surface area contributed by atoms with Gasteiger partial charge in [-0.05, 0) is 12.5 Å². The van der Waals surface area contributed by atoms with Gasteiger partial charge in [-0.2, -0.15) is 5.10 Å². The molecule has 3 rings (SSSR count). The summed E-state index contributed by atoms with van der Waals surface area (Å²) in [6.45, 7) is 1.78. The summed E-state index contributed by atoms with van der Waals surface area (Å²) in [4.78, 5) is 16.0. The molecule has 0 saturated heterocycles. The van der Waals surface area contributed by atoms with Gasteiger partial charge >= 0.3 is 5.69 Å². The fourth-order valence-electron chi connectivity index (χ4n) is 2.31. The Morgan fingerprint density at radius 2 is 2.10 bits per heavy atom. The molecule has 3 N–H and O–H groups in total. The van der Waals surface area contributed by atoms with Gasteiger partial charge in [0.05, 0.1) is 0 Å². The van der Waals surface area contributed by atoms with Gasteiger partial charge < -0.3 is 5.73 Å². The summed E-state index contributed by atoms with van der Waals surface area (Å²) in [5.74, 6) is 0.608. The van der Waals surface area contributed by atoms with Crippen molar-refractivity contribution in [1.82, 2.24) is 19.6 Å². The maximum atomic E-state index is 11.5. The predicted octanol–water partition coefficient (Wildman–Crippen LogP) is 0.969. The minimum absolute atomic E-state index is 0.129. The molecule has 0 radical (unpaired) electrons. The van der Waals surface area contributed by atoms with Crippen LogP contribution in [0.3, 0.4) is 0 Å². The summed E-state index contributed by atoms with van der Waals surface area (Å²) >= 11 is 0. The number of aromatic nitrogens is 4. The average molecular weight is 269 g/mol. The largest absolute Gasteiger partial charge is 0.349 e. The Morgan fingerprint density at radius 1 is 1.35 bits per heavy atom. The van der Waals surface area contributed by atoms with E-state index in [1.54, 1.807) is 13.0 Å². The lowest BCUT2D eigenvalue weighted by Gasteiger charge is -2.12. The van der Waals surface area contributed by atoms with Gasteiger partial charge in [0.2, 0.25) is 0 Å². The van der Waals surface area contributed by atoms with Gasteiger partial charge in [0.1, 0.15) is 5.82 Å². The van der Waals surface area contributed by atoms with Gasteiger partial charge in [0.25, 0.3) is 0 Å². The van der Waals surface area contributed by atoms with E-state index in [1.165, 1.54) is 4.40 Å². The highest BCUT2D eigenvalue weighted by Crippen LogP contribution is 2.15. The average Bonchev–Trinajstić information content (AvgIpc) is 2.81.